The molecule has 148 valence electrons. The average molecular weight is 389 g/mol. The van der Waals surface area contributed by atoms with Gasteiger partial charge in [-0.1, -0.05) is 36.4 Å². The fourth-order valence-corrected chi connectivity index (χ4v) is 4.51. The number of amides is 1. The molecule has 1 amide bonds. The standard InChI is InChI=1S/C22H23N5O2/c28-21(26-29)17-9-24-22(25-10-17)27-12-19-18(20(19)13-27)11-23-8-14-5-6-15-3-1-2-4-16(15)7-14/h1-7,9-10,18-20,23,29H,8,11-13H2,(H,26,28). The van der Waals surface area contributed by atoms with Crippen molar-refractivity contribution >= 4 is 22.6 Å². The number of nitrogens with zero attached hydrogens (tertiary/aromatic N) is 3. The summed E-state index contributed by atoms with van der Waals surface area (Å²) in [6, 6.07) is 15.1. The van der Waals surface area contributed by atoms with E-state index in [-0.39, 0.29) is 5.56 Å². The van der Waals surface area contributed by atoms with Crippen LogP contribution in [-0.2, 0) is 6.54 Å². The predicted octanol–water partition coefficient (Wildman–Crippen LogP) is 2.22. The van der Waals surface area contributed by atoms with Crippen molar-refractivity contribution in [1.29, 1.82) is 0 Å². The van der Waals surface area contributed by atoms with E-state index >= 15 is 0 Å². The van der Waals surface area contributed by atoms with E-state index < -0.39 is 5.91 Å². The Hall–Kier alpha value is -3.03. The van der Waals surface area contributed by atoms with E-state index in [1.165, 1.54) is 28.7 Å². The van der Waals surface area contributed by atoms with Crippen molar-refractivity contribution < 1.29 is 10.0 Å². The van der Waals surface area contributed by atoms with E-state index in [4.69, 9.17) is 5.21 Å². The second-order valence-electron chi connectivity index (χ2n) is 7.92. The summed E-state index contributed by atoms with van der Waals surface area (Å²) in [5, 5.41) is 14.8. The summed E-state index contributed by atoms with van der Waals surface area (Å²) in [4.78, 5) is 22.1. The second-order valence-corrected chi connectivity index (χ2v) is 7.92. The van der Waals surface area contributed by atoms with Crippen LogP contribution in [0, 0.1) is 17.8 Å². The molecule has 1 aromatic heterocycles. The third kappa shape index (κ3) is 3.54. The molecule has 1 aliphatic carbocycles. The van der Waals surface area contributed by atoms with Gasteiger partial charge in [0.25, 0.3) is 5.91 Å². The summed E-state index contributed by atoms with van der Waals surface area (Å²) in [6.45, 7) is 3.84. The molecule has 0 radical (unpaired) electrons. The van der Waals surface area contributed by atoms with E-state index in [1.807, 2.05) is 0 Å². The Morgan fingerprint density at radius 2 is 1.79 bits per heavy atom. The molecule has 0 bridgehead atoms. The zero-order valence-electron chi connectivity index (χ0n) is 16.0. The number of fused-ring (bicyclic) bond motifs is 2. The van der Waals surface area contributed by atoms with Gasteiger partial charge >= 0.3 is 0 Å². The van der Waals surface area contributed by atoms with Crippen LogP contribution < -0.4 is 15.7 Å². The number of hydroxylamine groups is 1. The van der Waals surface area contributed by atoms with Crippen molar-refractivity contribution in [2.45, 2.75) is 6.54 Å². The molecule has 2 fully saturated rings. The minimum Gasteiger partial charge on any atom is -0.340 e. The highest BCUT2D eigenvalue weighted by Gasteiger charge is 2.55. The lowest BCUT2D eigenvalue weighted by Gasteiger charge is -2.19. The smallest absolute Gasteiger partial charge is 0.277 e. The predicted molar refractivity (Wildman–Crippen MR) is 110 cm³/mol. The third-order valence-electron chi connectivity index (χ3n) is 6.18. The minimum absolute atomic E-state index is 0.247. The van der Waals surface area contributed by atoms with Crippen LogP contribution in [0.1, 0.15) is 15.9 Å². The molecule has 2 unspecified atom stereocenters. The number of piperidine rings is 1. The maximum Gasteiger partial charge on any atom is 0.277 e. The molecule has 2 aliphatic rings. The Morgan fingerprint density at radius 1 is 1.07 bits per heavy atom. The molecule has 2 atom stereocenters. The number of carbonyl (C=O) groups is 1. The van der Waals surface area contributed by atoms with Gasteiger partial charge in [-0.25, -0.2) is 15.4 Å². The Balaban J connectivity index is 1.10. The molecule has 0 spiro atoms. The van der Waals surface area contributed by atoms with Gasteiger partial charge in [-0.2, -0.15) is 0 Å². The third-order valence-corrected chi connectivity index (χ3v) is 6.18. The number of aromatic nitrogens is 2. The van der Waals surface area contributed by atoms with E-state index in [1.54, 1.807) is 5.48 Å². The molecule has 7 heteroatoms. The monoisotopic (exact) mass is 389 g/mol. The van der Waals surface area contributed by atoms with Gasteiger partial charge < -0.3 is 10.2 Å². The zero-order valence-corrected chi connectivity index (χ0v) is 16.0. The zero-order chi connectivity index (χ0) is 19.8. The lowest BCUT2D eigenvalue weighted by molar-refractivity contribution is 0.0705. The highest BCUT2D eigenvalue weighted by molar-refractivity contribution is 5.92. The van der Waals surface area contributed by atoms with Crippen LogP contribution in [0.5, 0.6) is 0 Å². The normalized spacial score (nSPS) is 22.5. The highest BCUT2D eigenvalue weighted by Crippen LogP contribution is 2.51. The molecule has 2 aromatic carbocycles. The first-order valence-corrected chi connectivity index (χ1v) is 9.93. The minimum atomic E-state index is -0.599. The Labute approximate surface area is 168 Å². The molecule has 3 N–H and O–H groups in total. The van der Waals surface area contributed by atoms with Gasteiger partial charge in [-0.3, -0.25) is 10.0 Å². The first-order chi connectivity index (χ1) is 14.2. The quantitative estimate of drug-likeness (QED) is 0.442. The Bertz CT molecular complexity index is 1030. The van der Waals surface area contributed by atoms with E-state index in [9.17, 15) is 4.79 Å². The van der Waals surface area contributed by atoms with Gasteiger partial charge in [0, 0.05) is 32.0 Å². The number of benzene rings is 2. The number of hydrogen-bond donors (Lipinski definition) is 3. The Kier molecular flexibility index (Phi) is 4.61. The highest BCUT2D eigenvalue weighted by atomic mass is 16.5. The number of rotatable bonds is 6. The lowest BCUT2D eigenvalue weighted by atomic mass is 10.1. The van der Waals surface area contributed by atoms with Crippen LogP contribution in [0.15, 0.2) is 54.9 Å². The van der Waals surface area contributed by atoms with Crippen molar-refractivity contribution in [2.75, 3.05) is 24.5 Å². The van der Waals surface area contributed by atoms with Crippen molar-refractivity contribution in [1.82, 2.24) is 20.8 Å². The van der Waals surface area contributed by atoms with Gasteiger partial charge in [0.1, 0.15) is 0 Å². The SMILES string of the molecule is O=C(NO)c1cnc(N2CC3C(CNCc4ccc5ccccc5c4)C3C2)nc1. The number of hydrogen-bond acceptors (Lipinski definition) is 6. The molecule has 1 saturated heterocycles. The van der Waals surface area contributed by atoms with Crippen molar-refractivity contribution in [3.05, 3.63) is 66.0 Å². The van der Waals surface area contributed by atoms with Gasteiger partial charge in [0.15, 0.2) is 0 Å². The van der Waals surface area contributed by atoms with Crippen LogP contribution in [0.25, 0.3) is 10.8 Å². The number of nitrogens with one attached hydrogen (secondary N) is 2. The summed E-state index contributed by atoms with van der Waals surface area (Å²) in [5.74, 6) is 2.13. The molecule has 3 aromatic rings. The van der Waals surface area contributed by atoms with Crippen molar-refractivity contribution in [2.24, 2.45) is 17.8 Å². The molecule has 1 saturated carbocycles. The van der Waals surface area contributed by atoms with E-state index in [2.05, 4.69) is 62.6 Å². The second kappa shape index (κ2) is 7.42. The van der Waals surface area contributed by atoms with Gasteiger partial charge in [-0.05, 0) is 46.7 Å². The first-order valence-electron chi connectivity index (χ1n) is 9.93. The number of anilines is 1. The summed E-state index contributed by atoms with van der Waals surface area (Å²) >= 11 is 0. The first kappa shape index (κ1) is 18.0. The molecular formula is C22H23N5O2. The Morgan fingerprint density at radius 3 is 2.52 bits per heavy atom. The van der Waals surface area contributed by atoms with E-state index in [0.717, 1.165) is 26.2 Å². The van der Waals surface area contributed by atoms with Crippen molar-refractivity contribution in [3.63, 3.8) is 0 Å². The molecule has 7 nitrogen and oxygen atoms in total. The molecule has 5 rings (SSSR count). The average Bonchev–Trinajstić information content (AvgIpc) is 3.21. The maximum atomic E-state index is 11.4. The van der Waals surface area contributed by atoms with E-state index in [0.29, 0.717) is 23.7 Å². The van der Waals surface area contributed by atoms with Gasteiger partial charge in [0.05, 0.1) is 5.56 Å². The lowest BCUT2D eigenvalue weighted by Crippen LogP contribution is -2.29. The maximum absolute atomic E-state index is 11.4. The number of carbonyl (C=O) groups excluding carboxylic acids is 1. The van der Waals surface area contributed by atoms with Gasteiger partial charge in [-0.15, -0.1) is 0 Å². The molecular weight excluding hydrogens is 366 g/mol. The van der Waals surface area contributed by atoms with Crippen LogP contribution in [0.3, 0.4) is 0 Å². The molecule has 1 aliphatic heterocycles. The topological polar surface area (TPSA) is 90.4 Å². The van der Waals surface area contributed by atoms with Crippen LogP contribution in [0.2, 0.25) is 0 Å². The van der Waals surface area contributed by atoms with Crippen LogP contribution >= 0.6 is 0 Å². The largest absolute Gasteiger partial charge is 0.340 e. The fourth-order valence-electron chi connectivity index (χ4n) is 4.51. The van der Waals surface area contributed by atoms with Crippen LogP contribution in [0.4, 0.5) is 5.95 Å². The fraction of sp³-hybridized carbons (Fsp3) is 0.318. The molecule has 2 heterocycles. The summed E-state index contributed by atoms with van der Waals surface area (Å²) < 4.78 is 0. The summed E-state index contributed by atoms with van der Waals surface area (Å²) in [5.41, 5.74) is 3.15. The van der Waals surface area contributed by atoms with Gasteiger partial charge in [0.2, 0.25) is 5.95 Å². The van der Waals surface area contributed by atoms with Crippen molar-refractivity contribution in [3.8, 4) is 0 Å². The summed E-state index contributed by atoms with van der Waals surface area (Å²) in [6.07, 6.45) is 2.89. The van der Waals surface area contributed by atoms with Crippen LogP contribution in [-0.4, -0.2) is 40.7 Å². The summed E-state index contributed by atoms with van der Waals surface area (Å²) in [7, 11) is 0. The molecule has 29 heavy (non-hydrogen) atoms.